The Balaban J connectivity index is 2.98. The summed E-state index contributed by atoms with van der Waals surface area (Å²) in [7, 11) is 0. The van der Waals surface area contributed by atoms with Gasteiger partial charge in [-0.2, -0.15) is 13.2 Å². The van der Waals surface area contributed by atoms with Gasteiger partial charge in [0.25, 0.3) is 0 Å². The normalized spacial score (nSPS) is 14.0. The van der Waals surface area contributed by atoms with Crippen molar-refractivity contribution in [3.05, 3.63) is 33.8 Å². The number of rotatable bonds is 2. The summed E-state index contributed by atoms with van der Waals surface area (Å²) in [4.78, 5) is 0.241. The SMILES string of the molecule is CC(Br)Cc1ccc(C(F)(F)F)cc1Br. The van der Waals surface area contributed by atoms with Gasteiger partial charge in [0.1, 0.15) is 0 Å². The van der Waals surface area contributed by atoms with Crippen LogP contribution >= 0.6 is 31.9 Å². The van der Waals surface area contributed by atoms with Crippen LogP contribution in [0.1, 0.15) is 18.1 Å². The minimum absolute atomic E-state index is 0.241. The summed E-state index contributed by atoms with van der Waals surface area (Å²) in [5.74, 6) is 0. The predicted octanol–water partition coefficient (Wildman–Crippen LogP) is 4.79. The second-order valence-electron chi connectivity index (χ2n) is 3.29. The molecule has 0 nitrogen and oxygen atoms in total. The van der Waals surface area contributed by atoms with Crippen LogP contribution in [0.4, 0.5) is 13.2 Å². The smallest absolute Gasteiger partial charge is 0.166 e. The predicted molar refractivity (Wildman–Crippen MR) is 61.2 cm³/mol. The van der Waals surface area contributed by atoms with Crippen molar-refractivity contribution in [2.75, 3.05) is 0 Å². The summed E-state index contributed by atoms with van der Waals surface area (Å²) < 4.78 is 37.5. The fourth-order valence-corrected chi connectivity index (χ4v) is 2.08. The molecule has 0 saturated carbocycles. The van der Waals surface area contributed by atoms with Crippen LogP contribution in [0.5, 0.6) is 0 Å². The zero-order valence-corrected chi connectivity index (χ0v) is 11.1. The number of hydrogen-bond acceptors (Lipinski definition) is 0. The molecule has 0 saturated heterocycles. The summed E-state index contributed by atoms with van der Waals surface area (Å²) >= 11 is 6.51. The van der Waals surface area contributed by atoms with Crippen LogP contribution in [0.2, 0.25) is 0 Å². The van der Waals surface area contributed by atoms with E-state index < -0.39 is 11.7 Å². The highest BCUT2D eigenvalue weighted by Crippen LogP contribution is 2.32. The monoisotopic (exact) mass is 344 g/mol. The first-order chi connectivity index (χ1) is 6.80. The molecule has 15 heavy (non-hydrogen) atoms. The van der Waals surface area contributed by atoms with E-state index in [1.807, 2.05) is 6.92 Å². The first-order valence-electron chi connectivity index (χ1n) is 4.30. The Morgan fingerprint density at radius 3 is 2.33 bits per heavy atom. The Morgan fingerprint density at radius 1 is 1.33 bits per heavy atom. The van der Waals surface area contributed by atoms with Gasteiger partial charge in [0.05, 0.1) is 5.56 Å². The van der Waals surface area contributed by atoms with E-state index in [1.165, 1.54) is 6.07 Å². The minimum Gasteiger partial charge on any atom is -0.166 e. The third-order valence-electron chi connectivity index (χ3n) is 1.88. The average Bonchev–Trinajstić information content (AvgIpc) is 2.05. The molecule has 0 spiro atoms. The molecule has 0 aliphatic rings. The highest BCUT2D eigenvalue weighted by molar-refractivity contribution is 9.10. The molecule has 0 amide bonds. The summed E-state index contributed by atoms with van der Waals surface area (Å²) in [6.07, 6.45) is -3.58. The minimum atomic E-state index is -4.28. The maximum Gasteiger partial charge on any atom is 0.416 e. The van der Waals surface area contributed by atoms with Crippen LogP contribution < -0.4 is 0 Å². The molecule has 1 unspecified atom stereocenters. The van der Waals surface area contributed by atoms with Gasteiger partial charge < -0.3 is 0 Å². The number of benzene rings is 1. The van der Waals surface area contributed by atoms with Gasteiger partial charge in [-0.25, -0.2) is 0 Å². The molecule has 0 radical (unpaired) electrons. The van der Waals surface area contributed by atoms with E-state index in [4.69, 9.17) is 0 Å². The van der Waals surface area contributed by atoms with E-state index in [2.05, 4.69) is 31.9 Å². The van der Waals surface area contributed by atoms with Crippen molar-refractivity contribution in [1.29, 1.82) is 0 Å². The number of alkyl halides is 4. The van der Waals surface area contributed by atoms with Crippen LogP contribution in [-0.2, 0) is 12.6 Å². The van der Waals surface area contributed by atoms with Crippen molar-refractivity contribution in [2.45, 2.75) is 24.3 Å². The Bertz CT molecular complexity index is 345. The van der Waals surface area contributed by atoms with E-state index in [-0.39, 0.29) is 4.83 Å². The van der Waals surface area contributed by atoms with E-state index in [1.54, 1.807) is 0 Å². The molecule has 1 aromatic carbocycles. The molecule has 84 valence electrons. The molecule has 0 aliphatic heterocycles. The Hall–Kier alpha value is -0.0300. The van der Waals surface area contributed by atoms with E-state index in [9.17, 15) is 13.2 Å². The van der Waals surface area contributed by atoms with Gasteiger partial charge in [0.15, 0.2) is 0 Å². The summed E-state index contributed by atoms with van der Waals surface area (Å²) in [6.45, 7) is 1.95. The van der Waals surface area contributed by atoms with Gasteiger partial charge in [-0.1, -0.05) is 44.8 Å². The van der Waals surface area contributed by atoms with Gasteiger partial charge in [-0.05, 0) is 24.1 Å². The quantitative estimate of drug-likeness (QED) is 0.676. The maximum atomic E-state index is 12.3. The highest BCUT2D eigenvalue weighted by atomic mass is 79.9. The molecular formula is C10H9Br2F3. The molecule has 1 rings (SSSR count). The van der Waals surface area contributed by atoms with Crippen LogP contribution in [0, 0.1) is 0 Å². The van der Waals surface area contributed by atoms with Crippen molar-refractivity contribution < 1.29 is 13.2 Å². The van der Waals surface area contributed by atoms with Gasteiger partial charge in [0, 0.05) is 9.30 Å². The Kier molecular flexibility index (Phi) is 4.23. The van der Waals surface area contributed by atoms with Gasteiger partial charge in [0.2, 0.25) is 0 Å². The zero-order valence-electron chi connectivity index (χ0n) is 7.91. The first-order valence-corrected chi connectivity index (χ1v) is 6.01. The third-order valence-corrected chi connectivity index (χ3v) is 2.94. The fraction of sp³-hybridized carbons (Fsp3) is 0.400. The van der Waals surface area contributed by atoms with E-state index in [0.29, 0.717) is 10.9 Å². The lowest BCUT2D eigenvalue weighted by Crippen LogP contribution is -2.06. The van der Waals surface area contributed by atoms with E-state index >= 15 is 0 Å². The fourth-order valence-electron chi connectivity index (χ4n) is 1.19. The molecule has 1 atom stereocenters. The topological polar surface area (TPSA) is 0 Å². The van der Waals surface area contributed by atoms with Crippen LogP contribution in [0.3, 0.4) is 0 Å². The molecule has 0 fully saturated rings. The molecule has 0 heterocycles. The first kappa shape index (κ1) is 13.0. The van der Waals surface area contributed by atoms with Gasteiger partial charge >= 0.3 is 6.18 Å². The molecule has 1 aromatic rings. The third kappa shape index (κ3) is 3.79. The van der Waals surface area contributed by atoms with Gasteiger partial charge in [-0.3, -0.25) is 0 Å². The van der Waals surface area contributed by atoms with Crippen LogP contribution in [0.15, 0.2) is 22.7 Å². The largest absolute Gasteiger partial charge is 0.416 e. The lowest BCUT2D eigenvalue weighted by molar-refractivity contribution is -0.137. The highest BCUT2D eigenvalue weighted by Gasteiger charge is 2.30. The molecule has 0 aliphatic carbocycles. The molecular weight excluding hydrogens is 337 g/mol. The molecule has 0 N–H and O–H groups in total. The lowest BCUT2D eigenvalue weighted by atomic mass is 10.1. The average molecular weight is 346 g/mol. The van der Waals surface area contributed by atoms with E-state index in [0.717, 1.165) is 17.7 Å². The lowest BCUT2D eigenvalue weighted by Gasteiger charge is -2.10. The van der Waals surface area contributed by atoms with Gasteiger partial charge in [-0.15, -0.1) is 0 Å². The van der Waals surface area contributed by atoms with Crippen molar-refractivity contribution in [1.82, 2.24) is 0 Å². The molecule has 0 bridgehead atoms. The van der Waals surface area contributed by atoms with Crippen LogP contribution in [0.25, 0.3) is 0 Å². The zero-order chi connectivity index (χ0) is 11.6. The second kappa shape index (κ2) is 4.87. The molecule has 5 heteroatoms. The van der Waals surface area contributed by atoms with Crippen molar-refractivity contribution in [2.24, 2.45) is 0 Å². The summed E-state index contributed by atoms with van der Waals surface area (Å²) in [5.41, 5.74) is 0.243. The Labute approximate surface area is 103 Å². The van der Waals surface area contributed by atoms with Crippen molar-refractivity contribution in [3.8, 4) is 0 Å². The second-order valence-corrected chi connectivity index (χ2v) is 5.71. The number of halogens is 5. The number of hydrogen-bond donors (Lipinski definition) is 0. The van der Waals surface area contributed by atoms with Crippen molar-refractivity contribution >= 4 is 31.9 Å². The summed E-state index contributed by atoms with van der Waals surface area (Å²) in [5, 5.41) is 0. The molecule has 0 aromatic heterocycles. The Morgan fingerprint density at radius 2 is 1.93 bits per heavy atom. The van der Waals surface area contributed by atoms with Crippen molar-refractivity contribution in [3.63, 3.8) is 0 Å². The summed E-state index contributed by atoms with van der Waals surface area (Å²) in [6, 6.07) is 3.73. The standard InChI is InChI=1S/C10H9Br2F3/c1-6(11)4-7-2-3-8(5-9(7)12)10(13,14)15/h2-3,5-6H,4H2,1H3. The van der Waals surface area contributed by atoms with Crippen LogP contribution in [-0.4, -0.2) is 4.83 Å². The maximum absolute atomic E-state index is 12.3.